The summed E-state index contributed by atoms with van der Waals surface area (Å²) in [7, 11) is 1.60. The van der Waals surface area contributed by atoms with Gasteiger partial charge in [0.1, 0.15) is 11.9 Å². The summed E-state index contributed by atoms with van der Waals surface area (Å²) in [5, 5.41) is 2.43. The minimum Gasteiger partial charge on any atom is -0.324 e. The van der Waals surface area contributed by atoms with E-state index in [9.17, 15) is 27.2 Å². The van der Waals surface area contributed by atoms with Crippen molar-refractivity contribution in [3.05, 3.63) is 59.9 Å². The topological polar surface area (TPSA) is 52.7 Å². The van der Waals surface area contributed by atoms with Crippen LogP contribution in [0.4, 0.5) is 28.9 Å². The summed E-state index contributed by atoms with van der Waals surface area (Å²) in [6, 6.07) is 8.97. The third-order valence-corrected chi connectivity index (χ3v) is 5.17. The minimum atomic E-state index is -4.79. The van der Waals surface area contributed by atoms with Gasteiger partial charge in [0, 0.05) is 6.04 Å². The maximum absolute atomic E-state index is 13.8. The quantitative estimate of drug-likeness (QED) is 0.753. The molecule has 0 aromatic heterocycles. The zero-order chi connectivity index (χ0) is 22.1. The Morgan fingerprint density at radius 1 is 1.20 bits per heavy atom. The first-order chi connectivity index (χ1) is 14.1. The molecule has 3 rings (SSSR count). The lowest BCUT2D eigenvalue weighted by molar-refractivity contribution is -0.158. The lowest BCUT2D eigenvalue weighted by Gasteiger charge is -2.34. The van der Waals surface area contributed by atoms with Crippen molar-refractivity contribution in [1.29, 1.82) is 0 Å². The van der Waals surface area contributed by atoms with E-state index in [0.717, 1.165) is 0 Å². The largest absolute Gasteiger partial charge is 0.409 e. The second-order valence-electron chi connectivity index (χ2n) is 7.23. The Kier molecular flexibility index (Phi) is 6.12. The SMILES string of the molecule is CC(c1ccc(F)cc1)N(C)CC(=O)N1c2ccccc2NC(=O)CC1C(F)(F)F. The highest BCUT2D eigenvalue weighted by Gasteiger charge is 2.49. The number of carbonyl (C=O) groups excluding carboxylic acids is 2. The van der Waals surface area contributed by atoms with Gasteiger partial charge in [-0.1, -0.05) is 24.3 Å². The molecule has 1 heterocycles. The molecule has 0 spiro atoms. The summed E-state index contributed by atoms with van der Waals surface area (Å²) < 4.78 is 54.5. The van der Waals surface area contributed by atoms with Crippen molar-refractivity contribution in [1.82, 2.24) is 4.90 Å². The number of fused-ring (bicyclic) bond motifs is 1. The monoisotopic (exact) mass is 423 g/mol. The Bertz CT molecular complexity index is 931. The second-order valence-corrected chi connectivity index (χ2v) is 7.23. The molecule has 2 amide bonds. The van der Waals surface area contributed by atoms with E-state index >= 15 is 0 Å². The third-order valence-electron chi connectivity index (χ3n) is 5.17. The lowest BCUT2D eigenvalue weighted by Crippen LogP contribution is -2.52. The Hall–Kier alpha value is -2.94. The fourth-order valence-electron chi connectivity index (χ4n) is 3.42. The van der Waals surface area contributed by atoms with Gasteiger partial charge in [-0.15, -0.1) is 0 Å². The van der Waals surface area contributed by atoms with E-state index < -0.39 is 36.3 Å². The van der Waals surface area contributed by atoms with Gasteiger partial charge in [-0.05, 0) is 43.8 Å². The average molecular weight is 423 g/mol. The van der Waals surface area contributed by atoms with Crippen LogP contribution < -0.4 is 10.2 Å². The molecule has 30 heavy (non-hydrogen) atoms. The Morgan fingerprint density at radius 2 is 1.83 bits per heavy atom. The average Bonchev–Trinajstić information content (AvgIpc) is 2.83. The first-order valence-electron chi connectivity index (χ1n) is 9.31. The molecule has 0 aliphatic carbocycles. The van der Waals surface area contributed by atoms with E-state index in [4.69, 9.17) is 0 Å². The number of hydrogen-bond acceptors (Lipinski definition) is 3. The highest BCUT2D eigenvalue weighted by molar-refractivity contribution is 6.05. The molecule has 0 saturated heterocycles. The van der Waals surface area contributed by atoms with Crippen LogP contribution in [-0.2, 0) is 9.59 Å². The van der Waals surface area contributed by atoms with Crippen molar-refractivity contribution in [2.45, 2.75) is 31.6 Å². The van der Waals surface area contributed by atoms with Crippen molar-refractivity contribution < 1.29 is 27.2 Å². The summed E-state index contributed by atoms with van der Waals surface area (Å²) in [6.45, 7) is 1.44. The molecule has 0 saturated carbocycles. The number of benzene rings is 2. The number of halogens is 4. The number of para-hydroxylation sites is 2. The normalized spacial score (nSPS) is 17.9. The minimum absolute atomic E-state index is 0.00138. The van der Waals surface area contributed by atoms with Crippen LogP contribution in [0.25, 0.3) is 0 Å². The zero-order valence-electron chi connectivity index (χ0n) is 16.4. The van der Waals surface area contributed by atoms with Crippen LogP contribution >= 0.6 is 0 Å². The Labute approximate surface area is 171 Å². The molecule has 2 aromatic carbocycles. The highest BCUT2D eigenvalue weighted by atomic mass is 19.4. The maximum Gasteiger partial charge on any atom is 0.409 e. The number of rotatable bonds is 4. The number of nitrogens with one attached hydrogen (secondary N) is 1. The van der Waals surface area contributed by atoms with Crippen molar-refractivity contribution >= 4 is 23.2 Å². The van der Waals surface area contributed by atoms with Crippen LogP contribution in [0, 0.1) is 5.82 Å². The number of carbonyl (C=O) groups is 2. The van der Waals surface area contributed by atoms with E-state index in [2.05, 4.69) is 5.32 Å². The van der Waals surface area contributed by atoms with Crippen molar-refractivity contribution in [2.24, 2.45) is 0 Å². The molecule has 0 bridgehead atoms. The summed E-state index contributed by atoms with van der Waals surface area (Å²) in [5.74, 6) is -2.01. The van der Waals surface area contributed by atoms with E-state index in [-0.39, 0.29) is 24.0 Å². The van der Waals surface area contributed by atoms with Gasteiger partial charge in [0.25, 0.3) is 0 Å². The highest BCUT2D eigenvalue weighted by Crippen LogP contribution is 2.38. The summed E-state index contributed by atoms with van der Waals surface area (Å²) in [4.78, 5) is 27.3. The molecular weight excluding hydrogens is 402 g/mol. The molecule has 2 unspecified atom stereocenters. The first kappa shape index (κ1) is 21.8. The Morgan fingerprint density at radius 3 is 2.47 bits per heavy atom. The van der Waals surface area contributed by atoms with E-state index in [1.54, 1.807) is 37.1 Å². The standard InChI is InChI=1S/C21H21F4N3O2/c1-13(14-7-9-15(22)10-8-14)27(2)12-20(30)28-17-6-4-3-5-16(17)26-19(29)11-18(28)21(23,24)25/h3-10,13,18H,11-12H2,1-2H3,(H,26,29). The van der Waals surface area contributed by atoms with Crippen LogP contribution in [0.3, 0.4) is 0 Å². The fourth-order valence-corrected chi connectivity index (χ4v) is 3.42. The van der Waals surface area contributed by atoms with E-state index in [1.165, 1.54) is 30.3 Å². The molecular formula is C21H21F4N3O2. The summed E-state index contributed by atoms with van der Waals surface area (Å²) >= 11 is 0. The molecule has 0 fully saturated rings. The molecule has 2 aromatic rings. The smallest absolute Gasteiger partial charge is 0.324 e. The van der Waals surface area contributed by atoms with E-state index in [1.807, 2.05) is 0 Å². The van der Waals surface area contributed by atoms with Crippen LogP contribution in [0.2, 0.25) is 0 Å². The summed E-state index contributed by atoms with van der Waals surface area (Å²) in [6.07, 6.45) is -5.67. The van der Waals surface area contributed by atoms with Crippen LogP contribution in [0.15, 0.2) is 48.5 Å². The predicted molar refractivity (Wildman–Crippen MR) is 104 cm³/mol. The predicted octanol–water partition coefficient (Wildman–Crippen LogP) is 4.12. The second kappa shape index (κ2) is 8.43. The number of alkyl halides is 3. The van der Waals surface area contributed by atoms with Crippen LogP contribution in [0.5, 0.6) is 0 Å². The van der Waals surface area contributed by atoms with Gasteiger partial charge in [-0.25, -0.2) is 4.39 Å². The molecule has 1 N–H and O–H groups in total. The van der Waals surface area contributed by atoms with Gasteiger partial charge in [-0.2, -0.15) is 13.2 Å². The Balaban J connectivity index is 1.90. The number of anilines is 2. The molecule has 2 atom stereocenters. The van der Waals surface area contributed by atoms with Crippen LogP contribution in [0.1, 0.15) is 24.9 Å². The van der Waals surface area contributed by atoms with Gasteiger partial charge in [0.15, 0.2) is 0 Å². The van der Waals surface area contributed by atoms with Gasteiger partial charge in [0.05, 0.1) is 24.3 Å². The fraction of sp³-hybridized carbons (Fsp3) is 0.333. The van der Waals surface area contributed by atoms with Crippen LogP contribution in [-0.4, -0.2) is 42.5 Å². The van der Waals surface area contributed by atoms with Gasteiger partial charge in [0.2, 0.25) is 11.8 Å². The van der Waals surface area contributed by atoms with Crippen molar-refractivity contribution in [3.8, 4) is 0 Å². The first-order valence-corrected chi connectivity index (χ1v) is 9.31. The molecule has 1 aliphatic rings. The third kappa shape index (κ3) is 4.62. The van der Waals surface area contributed by atoms with Gasteiger partial charge >= 0.3 is 6.18 Å². The maximum atomic E-state index is 13.8. The summed E-state index contributed by atoms with van der Waals surface area (Å²) in [5.41, 5.74) is 0.863. The number of hydrogen-bond donors (Lipinski definition) is 1. The number of amides is 2. The molecule has 5 nitrogen and oxygen atoms in total. The molecule has 9 heteroatoms. The number of nitrogens with zero attached hydrogens (tertiary/aromatic N) is 2. The zero-order valence-corrected chi connectivity index (χ0v) is 16.4. The molecule has 160 valence electrons. The molecule has 0 radical (unpaired) electrons. The number of likely N-dealkylation sites (N-methyl/N-ethyl adjacent to an activating group) is 1. The van der Waals surface area contributed by atoms with Gasteiger partial charge < -0.3 is 5.32 Å². The van der Waals surface area contributed by atoms with E-state index in [0.29, 0.717) is 10.5 Å². The molecule has 1 aliphatic heterocycles. The van der Waals surface area contributed by atoms with Gasteiger partial charge in [-0.3, -0.25) is 19.4 Å². The lowest BCUT2D eigenvalue weighted by atomic mass is 10.1. The van der Waals surface area contributed by atoms with Crippen molar-refractivity contribution in [3.63, 3.8) is 0 Å². The van der Waals surface area contributed by atoms with Crippen molar-refractivity contribution in [2.75, 3.05) is 23.8 Å².